The van der Waals surface area contributed by atoms with Crippen molar-refractivity contribution in [3.8, 4) is 0 Å². The lowest BCUT2D eigenvalue weighted by Crippen LogP contribution is -2.36. The Morgan fingerprint density at radius 2 is 1.85 bits per heavy atom. The monoisotopic (exact) mass is 485 g/mol. The molecule has 3 aromatic rings. The number of nitrogens with one attached hydrogen (secondary N) is 2. The van der Waals surface area contributed by atoms with Crippen LogP contribution in [0.2, 0.25) is 0 Å². The second kappa shape index (κ2) is 9.43. The summed E-state index contributed by atoms with van der Waals surface area (Å²) in [6.07, 6.45) is 3.91. The Balaban J connectivity index is 0.00000121. The van der Waals surface area contributed by atoms with E-state index in [0.29, 0.717) is 12.6 Å². The molecular formula is C18H22Br2FN5. The van der Waals surface area contributed by atoms with Gasteiger partial charge < -0.3 is 15.2 Å². The number of nitrogens with zero attached hydrogens (tertiary/aromatic N) is 3. The van der Waals surface area contributed by atoms with Gasteiger partial charge in [0.05, 0.1) is 12.1 Å². The summed E-state index contributed by atoms with van der Waals surface area (Å²) in [5.74, 6) is 0.615. The molecule has 0 aliphatic carbocycles. The second-order valence-electron chi connectivity index (χ2n) is 6.16. The van der Waals surface area contributed by atoms with Gasteiger partial charge in [-0.3, -0.25) is 0 Å². The number of aromatic nitrogens is 3. The molecule has 0 unspecified atom stereocenters. The Hall–Kier alpha value is -1.51. The number of anilines is 1. The Kier molecular flexibility index (Phi) is 7.55. The minimum Gasteiger partial charge on any atom is -0.353 e. The summed E-state index contributed by atoms with van der Waals surface area (Å²) >= 11 is 0. The van der Waals surface area contributed by atoms with Gasteiger partial charge in [-0.1, -0.05) is 12.1 Å². The summed E-state index contributed by atoms with van der Waals surface area (Å²) in [5.41, 5.74) is 2.75. The van der Waals surface area contributed by atoms with E-state index in [1.165, 1.54) is 12.1 Å². The first-order valence-electron chi connectivity index (χ1n) is 8.32. The van der Waals surface area contributed by atoms with Gasteiger partial charge in [0, 0.05) is 12.2 Å². The molecule has 0 spiro atoms. The highest BCUT2D eigenvalue weighted by atomic mass is 79.9. The molecule has 8 heteroatoms. The van der Waals surface area contributed by atoms with Crippen molar-refractivity contribution in [1.82, 2.24) is 19.9 Å². The number of piperidine rings is 1. The fraction of sp³-hybridized carbons (Fsp3) is 0.333. The molecule has 0 radical (unpaired) electrons. The summed E-state index contributed by atoms with van der Waals surface area (Å²) in [4.78, 5) is 9.03. The normalized spacial score (nSPS) is 14.5. The number of benzene rings is 1. The predicted molar refractivity (Wildman–Crippen MR) is 113 cm³/mol. The van der Waals surface area contributed by atoms with Gasteiger partial charge in [-0.15, -0.1) is 34.0 Å². The van der Waals surface area contributed by atoms with Gasteiger partial charge in [-0.2, -0.15) is 4.98 Å². The van der Waals surface area contributed by atoms with Crippen LogP contribution in [0.3, 0.4) is 0 Å². The van der Waals surface area contributed by atoms with Crippen LogP contribution in [0.5, 0.6) is 0 Å². The molecule has 5 nitrogen and oxygen atoms in total. The fourth-order valence-corrected chi connectivity index (χ4v) is 3.15. The van der Waals surface area contributed by atoms with E-state index in [0.717, 1.165) is 48.6 Å². The summed E-state index contributed by atoms with van der Waals surface area (Å²) < 4.78 is 15.3. The molecule has 0 bridgehead atoms. The molecule has 1 fully saturated rings. The highest BCUT2D eigenvalue weighted by Gasteiger charge is 2.17. The van der Waals surface area contributed by atoms with E-state index in [2.05, 4.69) is 25.2 Å². The zero-order chi connectivity index (χ0) is 16.4. The van der Waals surface area contributed by atoms with E-state index in [-0.39, 0.29) is 39.8 Å². The Bertz CT molecular complexity index is 831. The van der Waals surface area contributed by atoms with E-state index in [1.807, 2.05) is 24.3 Å². The topological polar surface area (TPSA) is 54.8 Å². The van der Waals surface area contributed by atoms with E-state index >= 15 is 0 Å². The second-order valence-corrected chi connectivity index (χ2v) is 6.16. The third kappa shape index (κ3) is 4.61. The van der Waals surface area contributed by atoms with Crippen LogP contribution < -0.4 is 10.6 Å². The number of pyridine rings is 1. The van der Waals surface area contributed by atoms with Crippen LogP contribution in [0.4, 0.5) is 10.3 Å². The summed E-state index contributed by atoms with van der Waals surface area (Å²) in [6.45, 7) is 2.68. The maximum Gasteiger partial charge on any atom is 0.205 e. The van der Waals surface area contributed by atoms with Gasteiger partial charge in [0.2, 0.25) is 5.95 Å². The molecule has 26 heavy (non-hydrogen) atoms. The molecule has 140 valence electrons. The third-order valence-electron chi connectivity index (χ3n) is 4.45. The van der Waals surface area contributed by atoms with Gasteiger partial charge >= 0.3 is 0 Å². The smallest absolute Gasteiger partial charge is 0.205 e. The highest BCUT2D eigenvalue weighted by Crippen LogP contribution is 2.22. The lowest BCUT2D eigenvalue weighted by molar-refractivity contribution is 0.476. The first-order chi connectivity index (χ1) is 11.8. The molecular weight excluding hydrogens is 465 g/mol. The SMILES string of the molecule is Br.Br.Fc1ccc(Cn2c(NC3CCNCC3)nc3ncccc32)cc1. The zero-order valence-electron chi connectivity index (χ0n) is 14.2. The molecule has 4 rings (SSSR count). The molecule has 0 amide bonds. The molecule has 1 aromatic carbocycles. The summed E-state index contributed by atoms with van der Waals surface area (Å²) in [6, 6.07) is 11.0. The predicted octanol–water partition coefficient (Wildman–Crippen LogP) is 3.94. The number of halogens is 3. The third-order valence-corrected chi connectivity index (χ3v) is 4.45. The molecule has 1 aliphatic rings. The Morgan fingerprint density at radius 3 is 2.58 bits per heavy atom. The number of rotatable bonds is 4. The van der Waals surface area contributed by atoms with Crippen molar-refractivity contribution < 1.29 is 4.39 Å². The van der Waals surface area contributed by atoms with E-state index in [4.69, 9.17) is 0 Å². The summed E-state index contributed by atoms with van der Waals surface area (Å²) in [7, 11) is 0. The van der Waals surface area contributed by atoms with Crippen molar-refractivity contribution in [2.75, 3.05) is 18.4 Å². The van der Waals surface area contributed by atoms with E-state index < -0.39 is 0 Å². The number of imidazole rings is 1. The number of hydrogen-bond acceptors (Lipinski definition) is 4. The van der Waals surface area contributed by atoms with Crippen molar-refractivity contribution in [3.63, 3.8) is 0 Å². The molecule has 0 saturated carbocycles. The largest absolute Gasteiger partial charge is 0.353 e. The van der Waals surface area contributed by atoms with Crippen LogP contribution in [-0.4, -0.2) is 33.7 Å². The average molecular weight is 487 g/mol. The maximum absolute atomic E-state index is 13.2. The van der Waals surface area contributed by atoms with Crippen LogP contribution >= 0.6 is 34.0 Å². The van der Waals surface area contributed by atoms with Gasteiger partial charge in [-0.05, 0) is 55.8 Å². The average Bonchev–Trinajstić information content (AvgIpc) is 2.95. The van der Waals surface area contributed by atoms with Crippen molar-refractivity contribution in [2.45, 2.75) is 25.4 Å². The molecule has 2 N–H and O–H groups in total. The van der Waals surface area contributed by atoms with Crippen molar-refractivity contribution in [1.29, 1.82) is 0 Å². The minimum absolute atomic E-state index is 0. The van der Waals surface area contributed by atoms with Gasteiger partial charge in [0.25, 0.3) is 0 Å². The van der Waals surface area contributed by atoms with Crippen LogP contribution in [0.1, 0.15) is 18.4 Å². The standard InChI is InChI=1S/C18H20FN5.2BrH/c19-14-5-3-13(4-6-14)12-24-16-2-1-9-21-17(16)23-18(24)22-15-7-10-20-11-8-15;;/h1-6,9,15,20H,7-8,10-12H2,(H,21,22,23);2*1H. The first kappa shape index (κ1) is 20.8. The van der Waals surface area contributed by atoms with Crippen LogP contribution in [0.25, 0.3) is 11.2 Å². The van der Waals surface area contributed by atoms with Gasteiger partial charge in [0.1, 0.15) is 5.82 Å². The first-order valence-corrected chi connectivity index (χ1v) is 8.32. The molecule has 3 heterocycles. The van der Waals surface area contributed by atoms with Crippen molar-refractivity contribution in [2.24, 2.45) is 0 Å². The van der Waals surface area contributed by atoms with Crippen molar-refractivity contribution >= 4 is 51.1 Å². The van der Waals surface area contributed by atoms with Crippen LogP contribution in [-0.2, 0) is 6.54 Å². The fourth-order valence-electron chi connectivity index (χ4n) is 3.15. The van der Waals surface area contributed by atoms with Gasteiger partial charge in [-0.25, -0.2) is 9.37 Å². The van der Waals surface area contributed by atoms with Crippen LogP contribution in [0.15, 0.2) is 42.6 Å². The Morgan fingerprint density at radius 1 is 1.12 bits per heavy atom. The highest BCUT2D eigenvalue weighted by molar-refractivity contribution is 8.93. The quantitative estimate of drug-likeness (QED) is 0.586. The van der Waals surface area contributed by atoms with Crippen molar-refractivity contribution in [3.05, 3.63) is 54.0 Å². The van der Waals surface area contributed by atoms with E-state index in [1.54, 1.807) is 6.20 Å². The number of hydrogen-bond donors (Lipinski definition) is 2. The lowest BCUT2D eigenvalue weighted by atomic mass is 10.1. The molecule has 0 atom stereocenters. The number of fused-ring (bicyclic) bond motifs is 1. The summed E-state index contributed by atoms with van der Waals surface area (Å²) in [5, 5.41) is 6.94. The van der Waals surface area contributed by atoms with Crippen LogP contribution in [0, 0.1) is 5.82 Å². The molecule has 1 saturated heterocycles. The Labute approximate surface area is 173 Å². The zero-order valence-corrected chi connectivity index (χ0v) is 17.6. The molecule has 2 aromatic heterocycles. The van der Waals surface area contributed by atoms with Gasteiger partial charge in [0.15, 0.2) is 5.65 Å². The maximum atomic E-state index is 13.2. The lowest BCUT2D eigenvalue weighted by Gasteiger charge is -2.24. The minimum atomic E-state index is -0.219. The van der Waals surface area contributed by atoms with E-state index in [9.17, 15) is 4.39 Å². The molecule has 1 aliphatic heterocycles.